The van der Waals surface area contributed by atoms with E-state index in [1.165, 1.54) is 5.56 Å². The predicted octanol–water partition coefficient (Wildman–Crippen LogP) is 3.02. The van der Waals surface area contributed by atoms with Gasteiger partial charge in [0.1, 0.15) is 5.75 Å². The summed E-state index contributed by atoms with van der Waals surface area (Å²) in [5.41, 5.74) is 3.11. The molecule has 0 spiro atoms. The van der Waals surface area contributed by atoms with Crippen LogP contribution in [-0.2, 0) is 6.54 Å². The molecular weight excluding hydrogens is 308 g/mol. The molecule has 0 bridgehead atoms. The van der Waals surface area contributed by atoms with Crippen molar-refractivity contribution in [2.75, 3.05) is 33.3 Å². The van der Waals surface area contributed by atoms with E-state index in [2.05, 4.69) is 21.7 Å². The highest BCUT2D eigenvalue weighted by Crippen LogP contribution is 2.21. The fraction of sp³-hybridized carbons (Fsp3) is 0.389. The molecule has 2 aromatic rings. The lowest BCUT2D eigenvalue weighted by molar-refractivity contribution is 0.0628. The summed E-state index contributed by atoms with van der Waals surface area (Å²) >= 11 is 1.73. The maximum atomic E-state index is 12.7. The fourth-order valence-electron chi connectivity index (χ4n) is 2.89. The van der Waals surface area contributed by atoms with Crippen molar-refractivity contribution in [2.45, 2.75) is 13.5 Å². The Balaban J connectivity index is 1.59. The number of carbonyl (C=O) groups excluding carboxylic acids is 1. The summed E-state index contributed by atoms with van der Waals surface area (Å²) in [6.45, 7) is 6.35. The molecular formula is C18H22N2O2S. The third kappa shape index (κ3) is 3.74. The van der Waals surface area contributed by atoms with Crippen LogP contribution in [0.3, 0.4) is 0 Å². The second kappa shape index (κ2) is 7.15. The summed E-state index contributed by atoms with van der Waals surface area (Å²) in [5, 5.41) is 4.30. The Morgan fingerprint density at radius 3 is 2.65 bits per heavy atom. The summed E-state index contributed by atoms with van der Waals surface area (Å²) in [6, 6.07) is 7.84. The Labute approximate surface area is 141 Å². The average Bonchev–Trinajstić information content (AvgIpc) is 3.08. The molecule has 0 aliphatic carbocycles. The number of rotatable bonds is 4. The van der Waals surface area contributed by atoms with Crippen molar-refractivity contribution in [2.24, 2.45) is 0 Å². The van der Waals surface area contributed by atoms with Gasteiger partial charge in [0.2, 0.25) is 0 Å². The van der Waals surface area contributed by atoms with E-state index in [-0.39, 0.29) is 5.91 Å². The molecule has 1 aromatic heterocycles. The topological polar surface area (TPSA) is 32.8 Å². The van der Waals surface area contributed by atoms with Gasteiger partial charge in [0.05, 0.1) is 7.11 Å². The van der Waals surface area contributed by atoms with E-state index in [0.717, 1.165) is 44.0 Å². The first kappa shape index (κ1) is 16.0. The first-order valence-corrected chi connectivity index (χ1v) is 8.79. The Hall–Kier alpha value is -1.85. The van der Waals surface area contributed by atoms with E-state index in [1.807, 2.05) is 30.0 Å². The standard InChI is InChI=1S/C18H22N2O2S/c1-14-3-4-16(11-17(14)22-2)18(21)20-8-6-19(7-9-20)12-15-5-10-23-13-15/h3-5,10-11,13H,6-9,12H2,1-2H3. The molecule has 1 aliphatic rings. The van der Waals surface area contributed by atoms with Gasteiger partial charge in [-0.25, -0.2) is 0 Å². The normalized spacial score (nSPS) is 15.7. The zero-order valence-corrected chi connectivity index (χ0v) is 14.4. The Kier molecular flexibility index (Phi) is 4.98. The Morgan fingerprint density at radius 2 is 2.00 bits per heavy atom. The molecule has 5 heteroatoms. The summed E-state index contributed by atoms with van der Waals surface area (Å²) in [5.74, 6) is 0.866. The Bertz CT molecular complexity index is 662. The predicted molar refractivity (Wildman–Crippen MR) is 93.2 cm³/mol. The zero-order valence-electron chi connectivity index (χ0n) is 13.6. The third-order valence-corrected chi connectivity index (χ3v) is 5.03. The van der Waals surface area contributed by atoms with Gasteiger partial charge in [0.25, 0.3) is 5.91 Å². The highest BCUT2D eigenvalue weighted by Gasteiger charge is 2.22. The molecule has 3 rings (SSSR count). The Morgan fingerprint density at radius 1 is 1.22 bits per heavy atom. The van der Waals surface area contributed by atoms with Gasteiger partial charge in [0, 0.05) is 38.3 Å². The van der Waals surface area contributed by atoms with Gasteiger partial charge in [0.15, 0.2) is 0 Å². The largest absolute Gasteiger partial charge is 0.496 e. The van der Waals surface area contributed by atoms with Crippen LogP contribution in [0.5, 0.6) is 5.75 Å². The van der Waals surface area contributed by atoms with Gasteiger partial charge in [-0.1, -0.05) is 6.07 Å². The van der Waals surface area contributed by atoms with Crippen molar-refractivity contribution in [3.05, 3.63) is 51.7 Å². The molecule has 0 unspecified atom stereocenters. The SMILES string of the molecule is COc1cc(C(=O)N2CCN(Cc3ccsc3)CC2)ccc1C. The maximum absolute atomic E-state index is 12.7. The zero-order chi connectivity index (χ0) is 16.2. The van der Waals surface area contributed by atoms with Crippen LogP contribution < -0.4 is 4.74 Å². The van der Waals surface area contributed by atoms with Gasteiger partial charge >= 0.3 is 0 Å². The van der Waals surface area contributed by atoms with Crippen molar-refractivity contribution < 1.29 is 9.53 Å². The molecule has 0 radical (unpaired) electrons. The van der Waals surface area contributed by atoms with E-state index >= 15 is 0 Å². The molecule has 1 saturated heterocycles. The molecule has 1 aromatic carbocycles. The molecule has 0 N–H and O–H groups in total. The van der Waals surface area contributed by atoms with E-state index < -0.39 is 0 Å². The molecule has 23 heavy (non-hydrogen) atoms. The van der Waals surface area contributed by atoms with E-state index in [9.17, 15) is 4.79 Å². The molecule has 122 valence electrons. The monoisotopic (exact) mass is 330 g/mol. The summed E-state index contributed by atoms with van der Waals surface area (Å²) in [7, 11) is 1.64. The molecule has 2 heterocycles. The third-order valence-electron chi connectivity index (χ3n) is 4.30. The van der Waals surface area contributed by atoms with Crippen LogP contribution in [0.15, 0.2) is 35.0 Å². The van der Waals surface area contributed by atoms with Crippen LogP contribution in [-0.4, -0.2) is 49.0 Å². The van der Waals surface area contributed by atoms with Gasteiger partial charge in [-0.05, 0) is 47.0 Å². The number of thiophene rings is 1. The highest BCUT2D eigenvalue weighted by atomic mass is 32.1. The summed E-state index contributed by atoms with van der Waals surface area (Å²) in [6.07, 6.45) is 0. The first-order valence-electron chi connectivity index (χ1n) is 7.84. The van der Waals surface area contributed by atoms with Gasteiger partial charge in [-0.3, -0.25) is 9.69 Å². The number of piperazine rings is 1. The minimum Gasteiger partial charge on any atom is -0.496 e. The van der Waals surface area contributed by atoms with Crippen LogP contribution in [0, 0.1) is 6.92 Å². The molecule has 0 saturated carbocycles. The van der Waals surface area contributed by atoms with Crippen molar-refractivity contribution in [1.29, 1.82) is 0 Å². The smallest absolute Gasteiger partial charge is 0.254 e. The van der Waals surface area contributed by atoms with Crippen molar-refractivity contribution >= 4 is 17.2 Å². The molecule has 1 aliphatic heterocycles. The van der Waals surface area contributed by atoms with Crippen LogP contribution in [0.2, 0.25) is 0 Å². The number of nitrogens with zero attached hydrogens (tertiary/aromatic N) is 2. The lowest BCUT2D eigenvalue weighted by Crippen LogP contribution is -2.48. The number of aryl methyl sites for hydroxylation is 1. The van der Waals surface area contributed by atoms with E-state index in [0.29, 0.717) is 5.56 Å². The van der Waals surface area contributed by atoms with Crippen LogP contribution in [0.1, 0.15) is 21.5 Å². The van der Waals surface area contributed by atoms with E-state index in [1.54, 1.807) is 18.4 Å². The minimum absolute atomic E-state index is 0.0958. The lowest BCUT2D eigenvalue weighted by Gasteiger charge is -2.34. The molecule has 4 nitrogen and oxygen atoms in total. The lowest BCUT2D eigenvalue weighted by atomic mass is 10.1. The minimum atomic E-state index is 0.0958. The number of hydrogen-bond acceptors (Lipinski definition) is 4. The summed E-state index contributed by atoms with van der Waals surface area (Å²) in [4.78, 5) is 17.0. The maximum Gasteiger partial charge on any atom is 0.254 e. The quantitative estimate of drug-likeness (QED) is 0.864. The fourth-order valence-corrected chi connectivity index (χ4v) is 3.55. The highest BCUT2D eigenvalue weighted by molar-refractivity contribution is 7.07. The van der Waals surface area contributed by atoms with Gasteiger partial charge < -0.3 is 9.64 Å². The number of benzene rings is 1. The van der Waals surface area contributed by atoms with Crippen molar-refractivity contribution in [3.8, 4) is 5.75 Å². The molecule has 1 fully saturated rings. The van der Waals surface area contributed by atoms with Crippen molar-refractivity contribution in [3.63, 3.8) is 0 Å². The van der Waals surface area contributed by atoms with Gasteiger partial charge in [-0.15, -0.1) is 0 Å². The number of amides is 1. The number of methoxy groups -OCH3 is 1. The number of hydrogen-bond donors (Lipinski definition) is 0. The average molecular weight is 330 g/mol. The second-order valence-electron chi connectivity index (χ2n) is 5.88. The van der Waals surface area contributed by atoms with Gasteiger partial charge in [-0.2, -0.15) is 11.3 Å². The van der Waals surface area contributed by atoms with Crippen molar-refractivity contribution in [1.82, 2.24) is 9.80 Å². The second-order valence-corrected chi connectivity index (χ2v) is 6.66. The number of carbonyl (C=O) groups is 1. The van der Waals surface area contributed by atoms with Crippen LogP contribution in [0.25, 0.3) is 0 Å². The molecule has 0 atom stereocenters. The number of ether oxygens (including phenoxy) is 1. The van der Waals surface area contributed by atoms with E-state index in [4.69, 9.17) is 4.74 Å². The first-order chi connectivity index (χ1) is 11.2. The van der Waals surface area contributed by atoms with Crippen LogP contribution >= 0.6 is 11.3 Å². The van der Waals surface area contributed by atoms with Crippen LogP contribution in [0.4, 0.5) is 0 Å². The molecule has 1 amide bonds. The summed E-state index contributed by atoms with van der Waals surface area (Å²) < 4.78 is 5.32.